The molecule has 0 saturated heterocycles. The predicted molar refractivity (Wildman–Crippen MR) is 134 cm³/mol. The molecular formula is C27H24FN3O3S. The van der Waals surface area contributed by atoms with Crippen LogP contribution in [0, 0.1) is 12.7 Å². The van der Waals surface area contributed by atoms with E-state index in [4.69, 9.17) is 4.52 Å². The molecule has 178 valence electrons. The summed E-state index contributed by atoms with van der Waals surface area (Å²) in [6, 6.07) is 21.6. The Morgan fingerprint density at radius 2 is 1.71 bits per heavy atom. The lowest BCUT2D eigenvalue weighted by Gasteiger charge is -2.16. The molecule has 0 spiro atoms. The predicted octanol–water partition coefficient (Wildman–Crippen LogP) is 6.16. The fraction of sp³-hybridized carbons (Fsp3) is 0.148. The quantitative estimate of drug-likeness (QED) is 0.290. The van der Waals surface area contributed by atoms with E-state index >= 15 is 0 Å². The zero-order valence-corrected chi connectivity index (χ0v) is 20.1. The summed E-state index contributed by atoms with van der Waals surface area (Å²) in [6.07, 6.45) is 0. The van der Waals surface area contributed by atoms with E-state index in [2.05, 4.69) is 15.8 Å². The van der Waals surface area contributed by atoms with Gasteiger partial charge in [-0.3, -0.25) is 9.59 Å². The van der Waals surface area contributed by atoms with E-state index in [1.54, 1.807) is 18.2 Å². The molecule has 0 aliphatic carbocycles. The Kier molecular flexibility index (Phi) is 7.62. The van der Waals surface area contributed by atoms with Gasteiger partial charge in [0.05, 0.1) is 23.1 Å². The maximum Gasteiger partial charge on any atom is 0.255 e. The number of carbonyl (C=O) groups is 2. The van der Waals surface area contributed by atoms with E-state index in [-0.39, 0.29) is 17.9 Å². The van der Waals surface area contributed by atoms with Gasteiger partial charge in [0.1, 0.15) is 11.6 Å². The van der Waals surface area contributed by atoms with Gasteiger partial charge in [0.15, 0.2) is 0 Å². The fourth-order valence-electron chi connectivity index (χ4n) is 3.43. The molecule has 0 saturated carbocycles. The normalized spacial score (nSPS) is 11.6. The summed E-state index contributed by atoms with van der Waals surface area (Å²) in [5.41, 5.74) is 3.27. The molecule has 8 heteroatoms. The van der Waals surface area contributed by atoms with Crippen LogP contribution in [0.25, 0.3) is 0 Å². The number of carbonyl (C=O) groups excluding carboxylic acids is 2. The van der Waals surface area contributed by atoms with Crippen LogP contribution in [0.1, 0.15) is 50.7 Å². The minimum Gasteiger partial charge on any atom is -0.360 e. The molecule has 2 N–H and O–H groups in total. The lowest BCUT2D eigenvalue weighted by Crippen LogP contribution is -2.27. The lowest BCUT2D eigenvalue weighted by atomic mass is 10.1. The van der Waals surface area contributed by atoms with Crippen molar-refractivity contribution in [1.29, 1.82) is 0 Å². The largest absolute Gasteiger partial charge is 0.360 e. The molecular weight excluding hydrogens is 465 g/mol. The molecule has 0 fully saturated rings. The van der Waals surface area contributed by atoms with E-state index in [9.17, 15) is 14.0 Å². The average Bonchev–Trinajstić information content (AvgIpc) is 3.28. The number of nitrogens with zero attached hydrogens (tertiary/aromatic N) is 1. The summed E-state index contributed by atoms with van der Waals surface area (Å²) >= 11 is 1.52. The molecule has 1 atom stereocenters. The molecule has 4 rings (SSSR count). The first-order valence-electron chi connectivity index (χ1n) is 11.0. The van der Waals surface area contributed by atoms with Gasteiger partial charge in [0.25, 0.3) is 11.8 Å². The number of rotatable bonds is 8. The summed E-state index contributed by atoms with van der Waals surface area (Å²) in [5.74, 6) is 0.429. The molecule has 1 unspecified atom stereocenters. The van der Waals surface area contributed by atoms with Crippen LogP contribution >= 0.6 is 11.8 Å². The average molecular weight is 490 g/mol. The van der Waals surface area contributed by atoms with Gasteiger partial charge < -0.3 is 15.2 Å². The first kappa shape index (κ1) is 24.2. The number of benzene rings is 3. The molecule has 1 aromatic heterocycles. The van der Waals surface area contributed by atoms with E-state index in [0.717, 1.165) is 21.9 Å². The van der Waals surface area contributed by atoms with Crippen molar-refractivity contribution in [2.75, 3.05) is 5.32 Å². The molecule has 4 aromatic rings. The van der Waals surface area contributed by atoms with Gasteiger partial charge in [-0.1, -0.05) is 29.4 Å². The Bertz CT molecular complexity index is 1320. The van der Waals surface area contributed by atoms with Gasteiger partial charge in [-0.05, 0) is 67.9 Å². The second kappa shape index (κ2) is 11.0. The second-order valence-electron chi connectivity index (χ2n) is 8.00. The zero-order chi connectivity index (χ0) is 24.8. The molecule has 2 amide bonds. The van der Waals surface area contributed by atoms with Crippen molar-refractivity contribution in [2.24, 2.45) is 0 Å². The van der Waals surface area contributed by atoms with Crippen LogP contribution in [-0.4, -0.2) is 17.0 Å². The highest BCUT2D eigenvalue weighted by molar-refractivity contribution is 7.98. The number of halogens is 1. The smallest absolute Gasteiger partial charge is 0.255 e. The maximum absolute atomic E-state index is 13.1. The van der Waals surface area contributed by atoms with Crippen molar-refractivity contribution in [3.63, 3.8) is 0 Å². The molecule has 0 bridgehead atoms. The fourth-order valence-corrected chi connectivity index (χ4v) is 4.36. The Hall–Kier alpha value is -3.91. The van der Waals surface area contributed by atoms with Crippen LogP contribution < -0.4 is 10.6 Å². The van der Waals surface area contributed by atoms with Crippen LogP contribution in [0.15, 0.2) is 88.3 Å². The number of anilines is 1. The van der Waals surface area contributed by atoms with Gasteiger partial charge in [-0.25, -0.2) is 4.39 Å². The number of thioether (sulfide) groups is 1. The van der Waals surface area contributed by atoms with E-state index in [0.29, 0.717) is 22.6 Å². The van der Waals surface area contributed by atoms with Crippen molar-refractivity contribution in [3.05, 3.63) is 113 Å². The van der Waals surface area contributed by atoms with Crippen molar-refractivity contribution in [3.8, 4) is 0 Å². The minimum atomic E-state index is -0.395. The van der Waals surface area contributed by atoms with Crippen LogP contribution in [-0.2, 0) is 5.75 Å². The molecule has 0 radical (unpaired) electrons. The number of amides is 2. The zero-order valence-electron chi connectivity index (χ0n) is 19.2. The first-order chi connectivity index (χ1) is 16.9. The minimum absolute atomic E-state index is 0.178. The van der Waals surface area contributed by atoms with Crippen molar-refractivity contribution in [2.45, 2.75) is 30.5 Å². The highest BCUT2D eigenvalue weighted by Crippen LogP contribution is 2.27. The van der Waals surface area contributed by atoms with Crippen molar-refractivity contribution in [1.82, 2.24) is 10.5 Å². The Morgan fingerprint density at radius 3 is 2.40 bits per heavy atom. The standard InChI is InChI=1S/C27H24FN3O3S/c1-17-15-23(34-31-17)16-35-25-6-4-3-5-24(25)27(33)29-18(2)19-9-13-22(14-10-19)30-26(32)20-7-11-21(28)12-8-20/h3-15,18H,16H2,1-2H3,(H,29,33)(H,30,32). The molecule has 6 nitrogen and oxygen atoms in total. The summed E-state index contributed by atoms with van der Waals surface area (Å²) in [6.45, 7) is 3.77. The SMILES string of the molecule is Cc1cc(CSc2ccccc2C(=O)NC(C)c2ccc(NC(=O)c3ccc(F)cc3)cc2)on1. The number of nitrogens with one attached hydrogen (secondary N) is 2. The Balaban J connectivity index is 1.37. The third-order valence-corrected chi connectivity index (χ3v) is 6.40. The first-order valence-corrected chi connectivity index (χ1v) is 12.0. The van der Waals surface area contributed by atoms with Gasteiger partial charge in [0, 0.05) is 22.2 Å². The highest BCUT2D eigenvalue weighted by Gasteiger charge is 2.16. The molecule has 3 aromatic carbocycles. The molecule has 0 aliphatic heterocycles. The Morgan fingerprint density at radius 1 is 1.00 bits per heavy atom. The highest BCUT2D eigenvalue weighted by atomic mass is 32.2. The monoisotopic (exact) mass is 489 g/mol. The number of hydrogen-bond acceptors (Lipinski definition) is 5. The second-order valence-corrected chi connectivity index (χ2v) is 9.01. The summed E-state index contributed by atoms with van der Waals surface area (Å²) in [7, 11) is 0. The Labute approximate surface area is 206 Å². The summed E-state index contributed by atoms with van der Waals surface area (Å²) in [5, 5.41) is 9.71. The van der Waals surface area contributed by atoms with Crippen molar-refractivity contribution < 1.29 is 18.5 Å². The lowest BCUT2D eigenvalue weighted by molar-refractivity contribution is 0.0936. The van der Waals surface area contributed by atoms with Gasteiger partial charge in [0.2, 0.25) is 0 Å². The van der Waals surface area contributed by atoms with Gasteiger partial charge >= 0.3 is 0 Å². The van der Waals surface area contributed by atoms with Crippen LogP contribution in [0.3, 0.4) is 0 Å². The van der Waals surface area contributed by atoms with E-state index < -0.39 is 5.82 Å². The van der Waals surface area contributed by atoms with Crippen LogP contribution in [0.5, 0.6) is 0 Å². The van der Waals surface area contributed by atoms with E-state index in [1.807, 2.05) is 50.2 Å². The third-order valence-electron chi connectivity index (χ3n) is 5.30. The maximum atomic E-state index is 13.1. The van der Waals surface area contributed by atoms with Crippen LogP contribution in [0.4, 0.5) is 10.1 Å². The topological polar surface area (TPSA) is 84.2 Å². The van der Waals surface area contributed by atoms with Gasteiger partial charge in [-0.15, -0.1) is 11.8 Å². The molecule has 35 heavy (non-hydrogen) atoms. The van der Waals surface area contributed by atoms with Gasteiger partial charge in [-0.2, -0.15) is 0 Å². The summed E-state index contributed by atoms with van der Waals surface area (Å²) < 4.78 is 18.3. The van der Waals surface area contributed by atoms with Crippen LogP contribution in [0.2, 0.25) is 0 Å². The number of aryl methyl sites for hydroxylation is 1. The van der Waals surface area contributed by atoms with E-state index in [1.165, 1.54) is 36.0 Å². The third kappa shape index (κ3) is 6.36. The molecule has 1 heterocycles. The summed E-state index contributed by atoms with van der Waals surface area (Å²) in [4.78, 5) is 26.2. The number of aromatic nitrogens is 1. The van der Waals surface area contributed by atoms with Crippen molar-refractivity contribution >= 4 is 29.3 Å². The number of hydrogen-bond donors (Lipinski definition) is 2. The molecule has 0 aliphatic rings.